The number of ether oxygens (including phenoxy) is 2. The summed E-state index contributed by atoms with van der Waals surface area (Å²) in [5.74, 6) is 1.48. The Bertz CT molecular complexity index is 1490. The molecule has 3 atom stereocenters. The van der Waals surface area contributed by atoms with Crippen LogP contribution in [0.5, 0.6) is 5.75 Å². The Morgan fingerprint density at radius 1 is 1.05 bits per heavy atom. The minimum absolute atomic E-state index is 0.111. The molecular formula is C32H37N5O3. The third kappa shape index (κ3) is 5.40. The number of benzene rings is 2. The maximum atomic E-state index is 12.9. The Morgan fingerprint density at radius 3 is 2.58 bits per heavy atom. The summed E-state index contributed by atoms with van der Waals surface area (Å²) in [6.07, 6.45) is 11.1. The molecule has 0 radical (unpaired) electrons. The SMILES string of the molecule is CCOC(=O)c1cnn(-c2cccc(-c3cccc(O[C@@H](C)C4CCCCC4)c3)c2)c1[C@@H]1C[C@H]1c1cn(C)nn1. The Hall–Kier alpha value is -3.94. The second-order valence-electron chi connectivity index (χ2n) is 11.1. The van der Waals surface area contributed by atoms with E-state index < -0.39 is 0 Å². The molecule has 0 bridgehead atoms. The van der Waals surface area contributed by atoms with E-state index in [-0.39, 0.29) is 23.9 Å². The van der Waals surface area contributed by atoms with Gasteiger partial charge in [0.1, 0.15) is 11.3 Å². The van der Waals surface area contributed by atoms with E-state index in [0.717, 1.165) is 40.4 Å². The zero-order valence-corrected chi connectivity index (χ0v) is 23.5. The molecule has 2 fully saturated rings. The molecule has 2 heterocycles. The molecule has 0 amide bonds. The quantitative estimate of drug-likeness (QED) is 0.227. The van der Waals surface area contributed by atoms with Crippen LogP contribution < -0.4 is 4.74 Å². The second kappa shape index (κ2) is 11.3. The maximum Gasteiger partial charge on any atom is 0.341 e. The van der Waals surface area contributed by atoms with Gasteiger partial charge in [0.25, 0.3) is 0 Å². The van der Waals surface area contributed by atoms with Crippen molar-refractivity contribution < 1.29 is 14.3 Å². The van der Waals surface area contributed by atoms with Crippen LogP contribution in [-0.4, -0.2) is 43.5 Å². The van der Waals surface area contributed by atoms with Crippen molar-refractivity contribution in [2.75, 3.05) is 6.61 Å². The summed E-state index contributed by atoms with van der Waals surface area (Å²) in [6, 6.07) is 16.6. The van der Waals surface area contributed by atoms with Crippen LogP contribution in [0, 0.1) is 5.92 Å². The van der Waals surface area contributed by atoms with Gasteiger partial charge in [-0.15, -0.1) is 5.10 Å². The number of carbonyl (C=O) groups is 1. The first-order chi connectivity index (χ1) is 19.5. The number of hydrogen-bond donors (Lipinski definition) is 0. The van der Waals surface area contributed by atoms with E-state index in [1.807, 2.05) is 43.0 Å². The molecule has 8 nitrogen and oxygen atoms in total. The third-order valence-corrected chi connectivity index (χ3v) is 8.34. The highest BCUT2D eigenvalue weighted by Gasteiger charge is 2.46. The van der Waals surface area contributed by atoms with E-state index in [2.05, 4.69) is 52.7 Å². The second-order valence-corrected chi connectivity index (χ2v) is 11.1. The maximum absolute atomic E-state index is 12.9. The fourth-order valence-electron chi connectivity index (χ4n) is 6.13. The molecule has 0 unspecified atom stereocenters. The normalized spacial score (nSPS) is 19.8. The van der Waals surface area contributed by atoms with Crippen molar-refractivity contribution in [1.29, 1.82) is 0 Å². The van der Waals surface area contributed by atoms with E-state index in [1.54, 1.807) is 10.9 Å². The zero-order chi connectivity index (χ0) is 27.6. The van der Waals surface area contributed by atoms with Crippen LogP contribution in [0.15, 0.2) is 60.9 Å². The molecule has 8 heteroatoms. The molecule has 2 aliphatic rings. The molecule has 4 aromatic rings. The number of hydrogen-bond acceptors (Lipinski definition) is 6. The van der Waals surface area contributed by atoms with Gasteiger partial charge in [0.15, 0.2) is 0 Å². The lowest BCUT2D eigenvalue weighted by Gasteiger charge is -2.28. The van der Waals surface area contributed by atoms with Gasteiger partial charge in [-0.1, -0.05) is 48.7 Å². The van der Waals surface area contributed by atoms with Crippen LogP contribution in [0.3, 0.4) is 0 Å². The van der Waals surface area contributed by atoms with Crippen LogP contribution in [0.2, 0.25) is 0 Å². The summed E-state index contributed by atoms with van der Waals surface area (Å²) in [7, 11) is 1.87. The van der Waals surface area contributed by atoms with Crippen LogP contribution in [0.1, 0.15) is 86.0 Å². The predicted octanol–water partition coefficient (Wildman–Crippen LogP) is 6.46. The fraction of sp³-hybridized carbons (Fsp3) is 0.438. The first-order valence-corrected chi connectivity index (χ1v) is 14.5. The number of esters is 1. The Kier molecular flexibility index (Phi) is 7.41. The minimum Gasteiger partial charge on any atom is -0.490 e. The smallest absolute Gasteiger partial charge is 0.341 e. The van der Waals surface area contributed by atoms with Crippen molar-refractivity contribution in [1.82, 2.24) is 24.8 Å². The van der Waals surface area contributed by atoms with Gasteiger partial charge < -0.3 is 9.47 Å². The van der Waals surface area contributed by atoms with Crippen molar-refractivity contribution >= 4 is 5.97 Å². The van der Waals surface area contributed by atoms with Crippen LogP contribution in [0.4, 0.5) is 0 Å². The lowest BCUT2D eigenvalue weighted by molar-refractivity contribution is 0.0525. The molecule has 2 aromatic heterocycles. The summed E-state index contributed by atoms with van der Waals surface area (Å²) in [6.45, 7) is 4.34. The van der Waals surface area contributed by atoms with Crippen molar-refractivity contribution in [2.24, 2.45) is 13.0 Å². The average molecular weight is 540 g/mol. The highest BCUT2D eigenvalue weighted by Crippen LogP contribution is 2.55. The van der Waals surface area contributed by atoms with Crippen molar-refractivity contribution in [2.45, 2.75) is 70.3 Å². The molecule has 6 rings (SSSR count). The minimum atomic E-state index is -0.346. The van der Waals surface area contributed by atoms with E-state index in [0.29, 0.717) is 18.1 Å². The largest absolute Gasteiger partial charge is 0.490 e. The lowest BCUT2D eigenvalue weighted by Crippen LogP contribution is -2.25. The highest BCUT2D eigenvalue weighted by atomic mass is 16.5. The van der Waals surface area contributed by atoms with Gasteiger partial charge in [-0.3, -0.25) is 4.68 Å². The Labute approximate surface area is 235 Å². The monoisotopic (exact) mass is 539 g/mol. The number of rotatable bonds is 9. The van der Waals surface area contributed by atoms with Gasteiger partial charge >= 0.3 is 5.97 Å². The van der Waals surface area contributed by atoms with Gasteiger partial charge in [-0.2, -0.15) is 5.10 Å². The molecule has 0 aliphatic heterocycles. The predicted molar refractivity (Wildman–Crippen MR) is 153 cm³/mol. The molecule has 2 saturated carbocycles. The molecule has 2 aromatic carbocycles. The lowest BCUT2D eigenvalue weighted by atomic mass is 9.86. The molecule has 2 aliphatic carbocycles. The first kappa shape index (κ1) is 26.3. The third-order valence-electron chi connectivity index (χ3n) is 8.34. The standard InChI is InChI=1S/C32H37N5O3/c1-4-39-32(38)29-19-33-37(31(29)28-18-27(28)30-20-36(3)35-34-30)25-14-8-12-23(16-25)24-13-9-15-26(17-24)40-21(2)22-10-6-5-7-11-22/h8-9,12-17,19-22,27-28H,4-7,10-11,18H2,1-3H3/t21-,27+,28+/m0/s1. The van der Waals surface area contributed by atoms with E-state index in [1.165, 1.54) is 32.1 Å². The van der Waals surface area contributed by atoms with Crippen LogP contribution >= 0.6 is 0 Å². The topological polar surface area (TPSA) is 84.1 Å². The summed E-state index contributed by atoms with van der Waals surface area (Å²) in [4.78, 5) is 12.9. The Morgan fingerprint density at radius 2 is 1.82 bits per heavy atom. The number of aromatic nitrogens is 5. The van der Waals surface area contributed by atoms with E-state index >= 15 is 0 Å². The summed E-state index contributed by atoms with van der Waals surface area (Å²) >= 11 is 0. The highest BCUT2D eigenvalue weighted by molar-refractivity contribution is 5.91. The summed E-state index contributed by atoms with van der Waals surface area (Å²) in [5.41, 5.74) is 5.35. The van der Waals surface area contributed by atoms with Gasteiger partial charge in [0.2, 0.25) is 0 Å². The Balaban J connectivity index is 1.29. The van der Waals surface area contributed by atoms with E-state index in [9.17, 15) is 4.79 Å². The molecule has 0 spiro atoms. The number of nitrogens with zero attached hydrogens (tertiary/aromatic N) is 5. The first-order valence-electron chi connectivity index (χ1n) is 14.5. The van der Waals surface area contributed by atoms with Gasteiger partial charge in [-0.05, 0) is 74.4 Å². The molecule has 208 valence electrons. The van der Waals surface area contributed by atoms with Crippen molar-refractivity contribution in [3.63, 3.8) is 0 Å². The van der Waals surface area contributed by atoms with Gasteiger partial charge in [0, 0.05) is 25.1 Å². The number of aryl methyl sites for hydroxylation is 1. The fourth-order valence-corrected chi connectivity index (χ4v) is 6.13. The van der Waals surface area contributed by atoms with Crippen molar-refractivity contribution in [3.8, 4) is 22.6 Å². The zero-order valence-electron chi connectivity index (χ0n) is 23.5. The molecular weight excluding hydrogens is 502 g/mol. The average Bonchev–Trinajstić information content (AvgIpc) is 3.43. The summed E-state index contributed by atoms with van der Waals surface area (Å²) < 4.78 is 15.4. The molecule has 0 saturated heterocycles. The molecule has 0 N–H and O–H groups in total. The van der Waals surface area contributed by atoms with Crippen molar-refractivity contribution in [3.05, 3.63) is 77.9 Å². The molecule has 40 heavy (non-hydrogen) atoms. The van der Waals surface area contributed by atoms with Gasteiger partial charge in [-0.25, -0.2) is 9.48 Å². The van der Waals surface area contributed by atoms with Gasteiger partial charge in [0.05, 0.1) is 36.0 Å². The van der Waals surface area contributed by atoms with E-state index in [4.69, 9.17) is 9.47 Å². The van der Waals surface area contributed by atoms with Crippen LogP contribution in [-0.2, 0) is 11.8 Å². The van der Waals surface area contributed by atoms with Crippen LogP contribution in [0.25, 0.3) is 16.8 Å². The summed E-state index contributed by atoms with van der Waals surface area (Å²) in [5, 5.41) is 13.1. The number of carbonyl (C=O) groups excluding carboxylic acids is 1.